The van der Waals surface area contributed by atoms with Gasteiger partial charge in [-0.3, -0.25) is 5.43 Å². The number of guanidine groups is 1. The Labute approximate surface area is 76.0 Å². The lowest BCUT2D eigenvalue weighted by atomic mass is 10.3. The number of nitrogens with one attached hydrogen (secondary N) is 1. The molecular weight excluding hydrogens is 208 g/mol. The Morgan fingerprint density at radius 1 is 1.45 bits per heavy atom. The molecule has 0 aliphatic carbocycles. The third-order valence-electron chi connectivity index (χ3n) is 1.06. The van der Waals surface area contributed by atoms with Gasteiger partial charge in [-0.05, 0) is 19.9 Å². The Morgan fingerprint density at radius 2 is 2.09 bits per heavy atom. The number of hydrogen-bond acceptors (Lipinski definition) is 4. The lowest BCUT2D eigenvalue weighted by Gasteiger charge is -1.93. The molecule has 0 saturated heterocycles. The smallest absolute Gasteiger partial charge is 0.237 e. The molecule has 0 saturated carbocycles. The zero-order chi connectivity index (χ0) is 7.56. The van der Waals surface area contributed by atoms with Crippen molar-refractivity contribution in [3.05, 3.63) is 11.8 Å². The molecule has 1 rings (SSSR count). The molecule has 0 fully saturated rings. The molecule has 0 bridgehead atoms. The molecule has 1 heterocycles. The second-order valence-corrected chi connectivity index (χ2v) is 2.16. The first kappa shape index (κ1) is 10.2. The van der Waals surface area contributed by atoms with Crippen LogP contribution in [0.4, 0.5) is 0 Å². The summed E-state index contributed by atoms with van der Waals surface area (Å²) in [5.74, 6) is 0.269. The van der Waals surface area contributed by atoms with Crippen LogP contribution in [0.5, 0.6) is 0 Å². The van der Waals surface area contributed by atoms with Gasteiger partial charge in [0.25, 0.3) is 0 Å². The molecule has 62 valence electrons. The molecule has 0 unspecified atom stereocenters. The first-order valence-corrected chi connectivity index (χ1v) is 3.01. The third kappa shape index (κ3) is 3.18. The van der Waals surface area contributed by atoms with Crippen LogP contribution in [0.25, 0.3) is 0 Å². The van der Waals surface area contributed by atoms with Gasteiger partial charge in [-0.2, -0.15) is 0 Å². The Morgan fingerprint density at radius 3 is 2.73 bits per heavy atom. The van der Waals surface area contributed by atoms with E-state index in [2.05, 4.69) is 15.5 Å². The standard InChI is InChI=1S/C6H10N4.BrH/c1-4-3-5(2)9-10-6(7)8-4;/h3,9H,1-2H3,(H2,7,10);1H. The average Bonchev–Trinajstić information content (AvgIpc) is 1.93. The highest BCUT2D eigenvalue weighted by atomic mass is 79.9. The second-order valence-electron chi connectivity index (χ2n) is 2.16. The molecule has 0 atom stereocenters. The van der Waals surface area contributed by atoms with Crippen molar-refractivity contribution in [2.24, 2.45) is 15.8 Å². The van der Waals surface area contributed by atoms with E-state index >= 15 is 0 Å². The fourth-order valence-electron chi connectivity index (χ4n) is 0.729. The monoisotopic (exact) mass is 218 g/mol. The number of hydrogen-bond donors (Lipinski definition) is 2. The Hall–Kier alpha value is -0.840. The number of halogens is 1. The molecule has 0 radical (unpaired) electrons. The average molecular weight is 219 g/mol. The van der Waals surface area contributed by atoms with Gasteiger partial charge in [0.1, 0.15) is 0 Å². The lowest BCUT2D eigenvalue weighted by Crippen LogP contribution is -2.12. The highest BCUT2D eigenvalue weighted by Gasteiger charge is 1.96. The van der Waals surface area contributed by atoms with E-state index in [9.17, 15) is 0 Å². The number of hydrazone groups is 1. The molecule has 1 aliphatic rings. The maximum atomic E-state index is 5.35. The number of allylic oxidation sites excluding steroid dienone is 2. The Balaban J connectivity index is 0.000001000. The van der Waals surface area contributed by atoms with Crippen molar-refractivity contribution in [2.45, 2.75) is 13.8 Å². The summed E-state index contributed by atoms with van der Waals surface area (Å²) >= 11 is 0. The number of nitrogens with zero attached hydrogens (tertiary/aromatic N) is 2. The van der Waals surface area contributed by atoms with Crippen molar-refractivity contribution >= 4 is 28.7 Å². The van der Waals surface area contributed by atoms with Crippen LogP contribution in [0, 0.1) is 0 Å². The zero-order valence-corrected chi connectivity index (χ0v) is 8.17. The topological polar surface area (TPSA) is 62.8 Å². The van der Waals surface area contributed by atoms with Crippen molar-refractivity contribution in [3.8, 4) is 0 Å². The van der Waals surface area contributed by atoms with Crippen LogP contribution >= 0.6 is 17.0 Å². The van der Waals surface area contributed by atoms with Crippen molar-refractivity contribution in [2.75, 3.05) is 0 Å². The van der Waals surface area contributed by atoms with Gasteiger partial charge in [0.15, 0.2) is 0 Å². The quantitative estimate of drug-likeness (QED) is 0.631. The molecule has 0 spiro atoms. The zero-order valence-electron chi connectivity index (χ0n) is 6.46. The van der Waals surface area contributed by atoms with Gasteiger partial charge in [-0.15, -0.1) is 22.1 Å². The Kier molecular flexibility index (Phi) is 3.81. The molecule has 0 aromatic carbocycles. The van der Waals surface area contributed by atoms with E-state index < -0.39 is 0 Å². The van der Waals surface area contributed by atoms with E-state index in [0.717, 1.165) is 11.4 Å². The first-order valence-electron chi connectivity index (χ1n) is 3.01. The Bertz CT molecular complexity index is 229. The fourth-order valence-corrected chi connectivity index (χ4v) is 0.729. The van der Waals surface area contributed by atoms with Gasteiger partial charge in [0.05, 0.1) is 0 Å². The molecule has 0 aromatic rings. The van der Waals surface area contributed by atoms with Crippen LogP contribution in [0.3, 0.4) is 0 Å². The van der Waals surface area contributed by atoms with E-state index in [-0.39, 0.29) is 22.9 Å². The highest BCUT2D eigenvalue weighted by molar-refractivity contribution is 8.93. The maximum absolute atomic E-state index is 5.35. The van der Waals surface area contributed by atoms with Crippen molar-refractivity contribution in [3.63, 3.8) is 0 Å². The van der Waals surface area contributed by atoms with Crippen LogP contribution in [-0.2, 0) is 0 Å². The molecule has 4 nitrogen and oxygen atoms in total. The first-order chi connectivity index (χ1) is 4.68. The van der Waals surface area contributed by atoms with Crippen LogP contribution in [0.2, 0.25) is 0 Å². The summed E-state index contributed by atoms with van der Waals surface area (Å²) in [6.07, 6.45) is 1.88. The predicted molar refractivity (Wildman–Crippen MR) is 51.9 cm³/mol. The van der Waals surface area contributed by atoms with Crippen molar-refractivity contribution < 1.29 is 0 Å². The fraction of sp³-hybridized carbons (Fsp3) is 0.333. The summed E-state index contributed by atoms with van der Waals surface area (Å²) in [4.78, 5) is 3.93. The predicted octanol–water partition coefficient (Wildman–Crippen LogP) is 0.762. The minimum atomic E-state index is 0. The summed E-state index contributed by atoms with van der Waals surface area (Å²) in [6.45, 7) is 3.78. The maximum Gasteiger partial charge on any atom is 0.237 e. The molecule has 11 heavy (non-hydrogen) atoms. The van der Waals surface area contributed by atoms with Gasteiger partial charge in [0.2, 0.25) is 5.96 Å². The molecule has 5 heteroatoms. The summed E-state index contributed by atoms with van der Waals surface area (Å²) in [6, 6.07) is 0. The SMILES string of the molecule is Br.CC1=CC(C)=NC(N)=NN1. The van der Waals surface area contributed by atoms with E-state index in [1.165, 1.54) is 0 Å². The van der Waals surface area contributed by atoms with Crippen LogP contribution in [-0.4, -0.2) is 11.7 Å². The van der Waals surface area contributed by atoms with Crippen LogP contribution in [0.15, 0.2) is 21.9 Å². The summed E-state index contributed by atoms with van der Waals surface area (Å²) in [5, 5.41) is 3.74. The van der Waals surface area contributed by atoms with Crippen LogP contribution in [0.1, 0.15) is 13.8 Å². The van der Waals surface area contributed by atoms with Gasteiger partial charge in [0, 0.05) is 11.4 Å². The normalized spacial score (nSPS) is 16.4. The molecule has 3 N–H and O–H groups in total. The number of aliphatic imine (C=N–C) groups is 1. The minimum absolute atomic E-state index is 0. The van der Waals surface area contributed by atoms with Crippen LogP contribution < -0.4 is 11.2 Å². The van der Waals surface area contributed by atoms with Gasteiger partial charge >= 0.3 is 0 Å². The summed E-state index contributed by atoms with van der Waals surface area (Å²) in [7, 11) is 0. The van der Waals surface area contributed by atoms with E-state index in [4.69, 9.17) is 5.73 Å². The minimum Gasteiger partial charge on any atom is -0.367 e. The van der Waals surface area contributed by atoms with Crippen molar-refractivity contribution in [1.82, 2.24) is 5.43 Å². The van der Waals surface area contributed by atoms with Gasteiger partial charge < -0.3 is 5.73 Å². The molecular formula is C6H11BrN4. The van der Waals surface area contributed by atoms with Gasteiger partial charge in [-0.1, -0.05) is 0 Å². The van der Waals surface area contributed by atoms with Crippen molar-refractivity contribution in [1.29, 1.82) is 0 Å². The summed E-state index contributed by atoms with van der Waals surface area (Å²) < 4.78 is 0. The van der Waals surface area contributed by atoms with E-state index in [1.807, 2.05) is 19.9 Å². The van der Waals surface area contributed by atoms with E-state index in [1.54, 1.807) is 0 Å². The highest BCUT2D eigenvalue weighted by Crippen LogP contribution is 1.93. The van der Waals surface area contributed by atoms with E-state index in [0.29, 0.717) is 0 Å². The third-order valence-corrected chi connectivity index (χ3v) is 1.06. The number of rotatable bonds is 0. The number of nitrogens with two attached hydrogens (primary N) is 1. The lowest BCUT2D eigenvalue weighted by molar-refractivity contribution is 0.887. The summed E-state index contributed by atoms with van der Waals surface area (Å²) in [5.41, 5.74) is 9.90. The second kappa shape index (κ2) is 4.12. The van der Waals surface area contributed by atoms with Gasteiger partial charge in [-0.25, -0.2) is 4.99 Å². The molecule has 1 aliphatic heterocycles. The largest absolute Gasteiger partial charge is 0.367 e. The molecule has 0 aromatic heterocycles. The molecule has 0 amide bonds.